The SMILES string of the molecule is CC1(OCC(=O)NCC2CCCC(O)C2)CNC1. The van der Waals surface area contributed by atoms with Crippen molar-refractivity contribution in [3.63, 3.8) is 0 Å². The van der Waals surface area contributed by atoms with Crippen molar-refractivity contribution >= 4 is 5.91 Å². The number of amides is 1. The Labute approximate surface area is 108 Å². The molecule has 0 aromatic carbocycles. The van der Waals surface area contributed by atoms with Crippen LogP contribution in [-0.4, -0.2) is 49.0 Å². The molecule has 18 heavy (non-hydrogen) atoms. The lowest BCUT2D eigenvalue weighted by Gasteiger charge is -2.38. The molecule has 1 saturated carbocycles. The number of rotatable bonds is 5. The van der Waals surface area contributed by atoms with Crippen LogP contribution in [0.1, 0.15) is 32.6 Å². The van der Waals surface area contributed by atoms with Gasteiger partial charge in [0, 0.05) is 19.6 Å². The first-order valence-corrected chi connectivity index (χ1v) is 6.87. The molecular weight excluding hydrogens is 232 g/mol. The average molecular weight is 256 g/mol. The molecule has 0 aromatic rings. The van der Waals surface area contributed by atoms with Gasteiger partial charge in [-0.3, -0.25) is 4.79 Å². The number of nitrogens with one attached hydrogen (secondary N) is 2. The summed E-state index contributed by atoms with van der Waals surface area (Å²) in [6.07, 6.45) is 3.68. The van der Waals surface area contributed by atoms with Crippen molar-refractivity contribution in [2.24, 2.45) is 5.92 Å². The van der Waals surface area contributed by atoms with Crippen LogP contribution in [0.3, 0.4) is 0 Å². The van der Waals surface area contributed by atoms with Crippen LogP contribution in [0.2, 0.25) is 0 Å². The van der Waals surface area contributed by atoms with E-state index in [0.29, 0.717) is 12.5 Å². The molecule has 2 aliphatic rings. The normalized spacial score (nSPS) is 30.6. The van der Waals surface area contributed by atoms with Gasteiger partial charge in [0.15, 0.2) is 0 Å². The molecule has 1 heterocycles. The molecule has 2 unspecified atom stereocenters. The van der Waals surface area contributed by atoms with E-state index >= 15 is 0 Å². The molecule has 5 nitrogen and oxygen atoms in total. The number of hydrogen-bond acceptors (Lipinski definition) is 4. The van der Waals surface area contributed by atoms with E-state index in [9.17, 15) is 9.90 Å². The first-order chi connectivity index (χ1) is 8.57. The molecule has 1 saturated heterocycles. The van der Waals surface area contributed by atoms with E-state index in [1.165, 1.54) is 0 Å². The van der Waals surface area contributed by atoms with Crippen molar-refractivity contribution in [3.05, 3.63) is 0 Å². The first-order valence-electron chi connectivity index (χ1n) is 6.87. The minimum atomic E-state index is -0.183. The molecule has 0 aromatic heterocycles. The summed E-state index contributed by atoms with van der Waals surface area (Å²) < 4.78 is 5.56. The van der Waals surface area contributed by atoms with Gasteiger partial charge in [0.2, 0.25) is 5.91 Å². The zero-order valence-electron chi connectivity index (χ0n) is 11.1. The van der Waals surface area contributed by atoms with Gasteiger partial charge in [-0.15, -0.1) is 0 Å². The third-order valence-electron chi connectivity index (χ3n) is 3.89. The lowest BCUT2D eigenvalue weighted by molar-refractivity contribution is -0.136. The Kier molecular flexibility index (Phi) is 4.59. The van der Waals surface area contributed by atoms with Crippen molar-refractivity contribution in [3.8, 4) is 0 Å². The Balaban J connectivity index is 1.59. The lowest BCUT2D eigenvalue weighted by Crippen LogP contribution is -2.59. The molecule has 5 heteroatoms. The monoisotopic (exact) mass is 256 g/mol. The summed E-state index contributed by atoms with van der Waals surface area (Å²) in [4.78, 5) is 11.6. The Bertz CT molecular complexity index is 292. The fourth-order valence-electron chi connectivity index (χ4n) is 2.58. The summed E-state index contributed by atoms with van der Waals surface area (Å²) in [5.74, 6) is 0.363. The van der Waals surface area contributed by atoms with Crippen LogP contribution in [0.5, 0.6) is 0 Å². The van der Waals surface area contributed by atoms with Crippen molar-refractivity contribution in [1.82, 2.24) is 10.6 Å². The number of aliphatic hydroxyl groups excluding tert-OH is 1. The standard InChI is InChI=1S/C13H24N2O3/c1-13(8-14-9-13)18-7-12(17)15-6-10-3-2-4-11(16)5-10/h10-11,14,16H,2-9H2,1H3,(H,15,17). The van der Waals surface area contributed by atoms with E-state index in [4.69, 9.17) is 4.74 Å². The fraction of sp³-hybridized carbons (Fsp3) is 0.923. The molecule has 2 rings (SSSR count). The molecule has 2 fully saturated rings. The first kappa shape index (κ1) is 13.8. The number of carbonyl (C=O) groups excluding carboxylic acids is 1. The lowest BCUT2D eigenvalue weighted by atomic mass is 9.87. The summed E-state index contributed by atoms with van der Waals surface area (Å²) >= 11 is 0. The van der Waals surface area contributed by atoms with E-state index < -0.39 is 0 Å². The average Bonchev–Trinajstić information content (AvgIpc) is 2.31. The van der Waals surface area contributed by atoms with E-state index in [1.807, 2.05) is 6.92 Å². The summed E-state index contributed by atoms with van der Waals surface area (Å²) in [6, 6.07) is 0. The zero-order valence-corrected chi connectivity index (χ0v) is 11.1. The minimum absolute atomic E-state index is 0.0526. The maximum Gasteiger partial charge on any atom is 0.246 e. The Morgan fingerprint density at radius 3 is 2.89 bits per heavy atom. The second kappa shape index (κ2) is 5.99. The molecule has 104 valence electrons. The van der Waals surface area contributed by atoms with Crippen LogP contribution in [-0.2, 0) is 9.53 Å². The van der Waals surface area contributed by atoms with Crippen LogP contribution >= 0.6 is 0 Å². The van der Waals surface area contributed by atoms with Gasteiger partial charge in [-0.05, 0) is 32.1 Å². The smallest absolute Gasteiger partial charge is 0.246 e. The molecule has 0 spiro atoms. The maximum atomic E-state index is 11.6. The predicted octanol–water partition coefficient (Wildman–Crippen LogP) is 0.0322. The van der Waals surface area contributed by atoms with Gasteiger partial charge in [0.25, 0.3) is 0 Å². The molecule has 1 amide bonds. The molecule has 3 N–H and O–H groups in total. The van der Waals surface area contributed by atoms with Gasteiger partial charge >= 0.3 is 0 Å². The molecule has 1 aliphatic carbocycles. The predicted molar refractivity (Wildman–Crippen MR) is 68.2 cm³/mol. The number of aliphatic hydroxyl groups is 1. The van der Waals surface area contributed by atoms with Gasteiger partial charge in [-0.1, -0.05) is 6.42 Å². The van der Waals surface area contributed by atoms with Crippen LogP contribution in [0.25, 0.3) is 0 Å². The third kappa shape index (κ3) is 3.93. The summed E-state index contributed by atoms with van der Waals surface area (Å²) in [6.45, 7) is 4.43. The van der Waals surface area contributed by atoms with Gasteiger partial charge < -0.3 is 20.5 Å². The van der Waals surface area contributed by atoms with Gasteiger partial charge in [0.1, 0.15) is 6.61 Å². The fourth-order valence-corrected chi connectivity index (χ4v) is 2.58. The number of hydrogen-bond donors (Lipinski definition) is 3. The largest absolute Gasteiger partial charge is 0.393 e. The number of carbonyl (C=O) groups is 1. The minimum Gasteiger partial charge on any atom is -0.393 e. The Morgan fingerprint density at radius 2 is 2.28 bits per heavy atom. The van der Waals surface area contributed by atoms with E-state index in [1.54, 1.807) is 0 Å². The quantitative estimate of drug-likeness (QED) is 0.649. The second-order valence-corrected chi connectivity index (χ2v) is 5.83. The highest BCUT2D eigenvalue weighted by molar-refractivity contribution is 5.77. The Morgan fingerprint density at radius 1 is 1.50 bits per heavy atom. The maximum absolute atomic E-state index is 11.6. The van der Waals surface area contributed by atoms with E-state index in [0.717, 1.165) is 38.8 Å². The zero-order chi connectivity index (χ0) is 13.0. The van der Waals surface area contributed by atoms with Crippen LogP contribution in [0.4, 0.5) is 0 Å². The topological polar surface area (TPSA) is 70.6 Å². The summed E-state index contributed by atoms with van der Waals surface area (Å²) in [5, 5.41) is 15.6. The molecule has 0 radical (unpaired) electrons. The van der Waals surface area contributed by atoms with Crippen LogP contribution in [0.15, 0.2) is 0 Å². The molecular formula is C13H24N2O3. The van der Waals surface area contributed by atoms with E-state index in [2.05, 4.69) is 10.6 Å². The number of ether oxygens (including phenoxy) is 1. The molecule has 2 atom stereocenters. The second-order valence-electron chi connectivity index (χ2n) is 5.83. The van der Waals surface area contributed by atoms with E-state index in [-0.39, 0.29) is 24.2 Å². The van der Waals surface area contributed by atoms with Crippen LogP contribution < -0.4 is 10.6 Å². The van der Waals surface area contributed by atoms with Crippen molar-refractivity contribution < 1.29 is 14.6 Å². The highest BCUT2D eigenvalue weighted by atomic mass is 16.5. The third-order valence-corrected chi connectivity index (χ3v) is 3.89. The van der Waals surface area contributed by atoms with Gasteiger partial charge in [0.05, 0.1) is 11.7 Å². The molecule has 0 bridgehead atoms. The van der Waals surface area contributed by atoms with Gasteiger partial charge in [-0.2, -0.15) is 0 Å². The Hall–Kier alpha value is -0.650. The highest BCUT2D eigenvalue weighted by Crippen LogP contribution is 2.23. The van der Waals surface area contributed by atoms with Crippen molar-refractivity contribution in [1.29, 1.82) is 0 Å². The molecule has 1 aliphatic heterocycles. The van der Waals surface area contributed by atoms with Crippen LogP contribution in [0, 0.1) is 5.92 Å². The summed E-state index contributed by atoms with van der Waals surface area (Å²) in [7, 11) is 0. The van der Waals surface area contributed by atoms with Crippen molar-refractivity contribution in [2.45, 2.75) is 44.3 Å². The highest BCUT2D eigenvalue weighted by Gasteiger charge is 2.33. The summed E-state index contributed by atoms with van der Waals surface area (Å²) in [5.41, 5.74) is -0.168. The van der Waals surface area contributed by atoms with Gasteiger partial charge in [-0.25, -0.2) is 0 Å². The van der Waals surface area contributed by atoms with Crippen molar-refractivity contribution in [2.75, 3.05) is 26.2 Å².